The first-order valence-corrected chi connectivity index (χ1v) is 6.05. The zero-order chi connectivity index (χ0) is 12.2. The van der Waals surface area contributed by atoms with Crippen LogP contribution in [0.3, 0.4) is 0 Å². The lowest BCUT2D eigenvalue weighted by Gasteiger charge is -2.10. The average molecular weight is 239 g/mol. The molecule has 0 unspecified atom stereocenters. The lowest BCUT2D eigenvalue weighted by Crippen LogP contribution is -2.22. The molecule has 0 bridgehead atoms. The van der Waals surface area contributed by atoms with E-state index in [2.05, 4.69) is 11.8 Å². The molecule has 0 saturated heterocycles. The number of aliphatic hydroxyl groups is 1. The van der Waals surface area contributed by atoms with Gasteiger partial charge in [0, 0.05) is 19.7 Å². The van der Waals surface area contributed by atoms with Gasteiger partial charge in [0.15, 0.2) is 0 Å². The van der Waals surface area contributed by atoms with Gasteiger partial charge in [-0.3, -0.25) is 0 Å². The number of nitrogens with zero attached hydrogens (tertiary/aromatic N) is 1. The molecule has 0 heterocycles. The van der Waals surface area contributed by atoms with E-state index in [1.54, 1.807) is 12.1 Å². The molecule has 0 aliphatic heterocycles. The smallest absolute Gasteiger partial charge is 0.242 e. The average Bonchev–Trinajstić information content (AvgIpc) is 2.26. The molecule has 0 saturated carbocycles. The predicted octanol–water partition coefficient (Wildman–Crippen LogP) is 0.281. The van der Waals surface area contributed by atoms with E-state index in [1.165, 1.54) is 26.2 Å². The lowest BCUT2D eigenvalue weighted by molar-refractivity contribution is 0.350. The topological polar surface area (TPSA) is 57.6 Å². The van der Waals surface area contributed by atoms with Crippen LogP contribution in [0.2, 0.25) is 0 Å². The minimum atomic E-state index is -3.38. The van der Waals surface area contributed by atoms with Crippen molar-refractivity contribution in [1.82, 2.24) is 4.31 Å². The van der Waals surface area contributed by atoms with E-state index in [0.29, 0.717) is 5.56 Å². The highest BCUT2D eigenvalue weighted by molar-refractivity contribution is 7.89. The van der Waals surface area contributed by atoms with E-state index in [4.69, 9.17) is 5.11 Å². The van der Waals surface area contributed by atoms with Gasteiger partial charge in [0.25, 0.3) is 0 Å². The van der Waals surface area contributed by atoms with Gasteiger partial charge in [-0.05, 0) is 24.3 Å². The van der Waals surface area contributed by atoms with E-state index < -0.39 is 10.0 Å². The SMILES string of the molecule is CN(C)S(=O)(=O)c1ccc(C#CCO)cc1. The summed E-state index contributed by atoms with van der Waals surface area (Å²) in [5.41, 5.74) is 0.673. The molecule has 0 radical (unpaired) electrons. The maximum absolute atomic E-state index is 11.7. The maximum Gasteiger partial charge on any atom is 0.242 e. The molecule has 0 spiro atoms. The summed E-state index contributed by atoms with van der Waals surface area (Å²) in [5.74, 6) is 5.18. The molecule has 1 aromatic rings. The number of hydrogen-bond acceptors (Lipinski definition) is 3. The van der Waals surface area contributed by atoms with Gasteiger partial charge < -0.3 is 5.11 Å². The number of hydrogen-bond donors (Lipinski definition) is 1. The van der Waals surface area contributed by atoms with E-state index >= 15 is 0 Å². The van der Waals surface area contributed by atoms with Crippen molar-refractivity contribution in [3.05, 3.63) is 29.8 Å². The first-order valence-electron chi connectivity index (χ1n) is 4.61. The third-order valence-electron chi connectivity index (χ3n) is 1.94. The van der Waals surface area contributed by atoms with Gasteiger partial charge in [-0.1, -0.05) is 11.8 Å². The second-order valence-electron chi connectivity index (χ2n) is 3.27. The Morgan fingerprint density at radius 3 is 2.25 bits per heavy atom. The zero-order valence-electron chi connectivity index (χ0n) is 9.14. The van der Waals surface area contributed by atoms with Crippen LogP contribution in [0.4, 0.5) is 0 Å². The Kier molecular flexibility index (Phi) is 4.07. The summed E-state index contributed by atoms with van der Waals surface area (Å²) in [4.78, 5) is 0.229. The van der Waals surface area contributed by atoms with Crippen molar-refractivity contribution >= 4 is 10.0 Å². The molecule has 5 heteroatoms. The van der Waals surface area contributed by atoms with Gasteiger partial charge in [-0.25, -0.2) is 12.7 Å². The van der Waals surface area contributed by atoms with Crippen molar-refractivity contribution in [2.75, 3.05) is 20.7 Å². The van der Waals surface area contributed by atoms with Crippen LogP contribution in [0.25, 0.3) is 0 Å². The Morgan fingerprint density at radius 1 is 1.25 bits per heavy atom. The highest BCUT2D eigenvalue weighted by Crippen LogP contribution is 2.13. The highest BCUT2D eigenvalue weighted by atomic mass is 32.2. The monoisotopic (exact) mass is 239 g/mol. The second kappa shape index (κ2) is 5.12. The second-order valence-corrected chi connectivity index (χ2v) is 5.42. The zero-order valence-corrected chi connectivity index (χ0v) is 9.95. The van der Waals surface area contributed by atoms with Gasteiger partial charge in [-0.15, -0.1) is 0 Å². The van der Waals surface area contributed by atoms with E-state index in [9.17, 15) is 8.42 Å². The highest BCUT2D eigenvalue weighted by Gasteiger charge is 2.16. The van der Waals surface area contributed by atoms with Crippen LogP contribution in [-0.4, -0.2) is 38.5 Å². The van der Waals surface area contributed by atoms with Crippen molar-refractivity contribution in [3.63, 3.8) is 0 Å². The number of rotatable bonds is 2. The van der Waals surface area contributed by atoms with E-state index in [1.807, 2.05) is 0 Å². The normalized spacial score (nSPS) is 11.0. The first kappa shape index (κ1) is 12.7. The summed E-state index contributed by atoms with van der Waals surface area (Å²) < 4.78 is 24.6. The molecule has 0 aliphatic carbocycles. The van der Waals surface area contributed by atoms with Crippen molar-refractivity contribution < 1.29 is 13.5 Å². The Morgan fingerprint density at radius 2 is 1.81 bits per heavy atom. The number of aliphatic hydroxyl groups excluding tert-OH is 1. The van der Waals surface area contributed by atoms with Gasteiger partial charge in [0.1, 0.15) is 6.61 Å². The van der Waals surface area contributed by atoms with Crippen LogP contribution in [0, 0.1) is 11.8 Å². The fourth-order valence-electron chi connectivity index (χ4n) is 1.06. The Bertz CT molecular complexity index is 506. The molecule has 4 nitrogen and oxygen atoms in total. The summed E-state index contributed by atoms with van der Waals surface area (Å²) in [6, 6.07) is 6.21. The summed E-state index contributed by atoms with van der Waals surface area (Å²) in [7, 11) is -0.416. The molecule has 16 heavy (non-hydrogen) atoms. The van der Waals surface area contributed by atoms with E-state index in [-0.39, 0.29) is 11.5 Å². The molecule has 1 N–H and O–H groups in total. The molecule has 1 rings (SSSR count). The molecule has 0 atom stereocenters. The molecular formula is C11H13NO3S. The van der Waals surface area contributed by atoms with Crippen LogP contribution in [0.15, 0.2) is 29.2 Å². The first-order chi connectivity index (χ1) is 7.48. The molecule has 0 amide bonds. The van der Waals surface area contributed by atoms with E-state index in [0.717, 1.165) is 4.31 Å². The van der Waals surface area contributed by atoms with Crippen LogP contribution < -0.4 is 0 Å². The Hall–Kier alpha value is -1.35. The third-order valence-corrected chi connectivity index (χ3v) is 3.77. The van der Waals surface area contributed by atoms with Gasteiger partial charge >= 0.3 is 0 Å². The van der Waals surface area contributed by atoms with Gasteiger partial charge in [0.2, 0.25) is 10.0 Å². The van der Waals surface area contributed by atoms with Crippen molar-refractivity contribution in [2.24, 2.45) is 0 Å². The summed E-state index contributed by atoms with van der Waals surface area (Å²) in [6.45, 7) is -0.211. The number of benzene rings is 1. The molecule has 86 valence electrons. The molecule has 0 fully saturated rings. The molecular weight excluding hydrogens is 226 g/mol. The Labute approximate surface area is 95.6 Å². The van der Waals surface area contributed by atoms with Crippen LogP contribution >= 0.6 is 0 Å². The standard InChI is InChI=1S/C11H13NO3S/c1-12(2)16(14,15)11-7-5-10(6-8-11)4-3-9-13/h5-8,13H,9H2,1-2H3. The summed E-state index contributed by atoms with van der Waals surface area (Å²) in [5, 5.41) is 8.51. The number of sulfonamides is 1. The van der Waals surface area contributed by atoms with Crippen molar-refractivity contribution in [3.8, 4) is 11.8 Å². The summed E-state index contributed by atoms with van der Waals surface area (Å²) in [6.07, 6.45) is 0. The van der Waals surface area contributed by atoms with Crippen molar-refractivity contribution in [2.45, 2.75) is 4.90 Å². The van der Waals surface area contributed by atoms with Gasteiger partial charge in [0.05, 0.1) is 4.90 Å². The quantitative estimate of drug-likeness (QED) is 0.754. The lowest BCUT2D eigenvalue weighted by atomic mass is 10.2. The molecule has 0 aliphatic rings. The molecule has 0 aromatic heterocycles. The minimum absolute atomic E-state index is 0.211. The summed E-state index contributed by atoms with van der Waals surface area (Å²) >= 11 is 0. The molecule has 1 aromatic carbocycles. The minimum Gasteiger partial charge on any atom is -0.384 e. The maximum atomic E-state index is 11.7. The fourth-order valence-corrected chi connectivity index (χ4v) is 1.96. The van der Waals surface area contributed by atoms with Crippen molar-refractivity contribution in [1.29, 1.82) is 0 Å². The van der Waals surface area contributed by atoms with Gasteiger partial charge in [-0.2, -0.15) is 0 Å². The van der Waals surface area contributed by atoms with Crippen LogP contribution in [0.5, 0.6) is 0 Å². The largest absolute Gasteiger partial charge is 0.384 e. The third kappa shape index (κ3) is 2.83. The fraction of sp³-hybridized carbons (Fsp3) is 0.273. The van der Waals surface area contributed by atoms with Crippen LogP contribution in [0.1, 0.15) is 5.56 Å². The Balaban J connectivity index is 3.05. The predicted molar refractivity (Wildman–Crippen MR) is 61.3 cm³/mol. The van der Waals surface area contributed by atoms with Crippen LogP contribution in [-0.2, 0) is 10.0 Å².